The summed E-state index contributed by atoms with van der Waals surface area (Å²) < 4.78 is 0. The van der Waals surface area contributed by atoms with Gasteiger partial charge in [0.05, 0.1) is 35.5 Å². The Labute approximate surface area is 192 Å². The molecule has 170 valence electrons. The Morgan fingerprint density at radius 3 is 2.48 bits per heavy atom. The van der Waals surface area contributed by atoms with Gasteiger partial charge in [0.25, 0.3) is 5.91 Å². The van der Waals surface area contributed by atoms with Crippen molar-refractivity contribution in [3.8, 4) is 11.1 Å². The van der Waals surface area contributed by atoms with Gasteiger partial charge in [-0.1, -0.05) is 6.07 Å². The molecule has 0 aliphatic carbocycles. The first-order chi connectivity index (χ1) is 15.8. The van der Waals surface area contributed by atoms with Crippen LogP contribution in [0.15, 0.2) is 55.0 Å². The number of hydrogen-bond donors (Lipinski definition) is 3. The van der Waals surface area contributed by atoms with E-state index in [1.807, 2.05) is 75.7 Å². The Morgan fingerprint density at radius 2 is 1.79 bits per heavy atom. The zero-order valence-electron chi connectivity index (χ0n) is 19.4. The maximum absolute atomic E-state index is 12.9. The van der Waals surface area contributed by atoms with Crippen molar-refractivity contribution in [2.75, 3.05) is 43.7 Å². The lowest BCUT2D eigenvalue weighted by atomic mass is 10.0. The number of carbonyl (C=O) groups excluding carboxylic acids is 1. The molecule has 1 unspecified atom stereocenters. The predicted octanol–water partition coefficient (Wildman–Crippen LogP) is 3.66. The second kappa shape index (κ2) is 9.25. The van der Waals surface area contributed by atoms with Crippen LogP contribution in [0.4, 0.5) is 17.2 Å². The molecule has 1 atom stereocenters. The van der Waals surface area contributed by atoms with Gasteiger partial charge in [-0.25, -0.2) is 4.98 Å². The normalized spacial score (nSPS) is 12.1. The number of nitrogens with zero attached hydrogens (tertiary/aromatic N) is 5. The van der Waals surface area contributed by atoms with Gasteiger partial charge < -0.3 is 15.5 Å². The van der Waals surface area contributed by atoms with E-state index < -0.39 is 0 Å². The van der Waals surface area contributed by atoms with E-state index in [1.54, 1.807) is 12.4 Å². The molecule has 1 amide bonds. The number of pyridine rings is 2. The molecule has 4 aromatic rings. The second-order valence-corrected chi connectivity index (χ2v) is 8.33. The zero-order chi connectivity index (χ0) is 23.5. The van der Waals surface area contributed by atoms with Gasteiger partial charge >= 0.3 is 0 Å². The highest BCUT2D eigenvalue weighted by Gasteiger charge is 2.16. The molecule has 9 nitrogen and oxygen atoms in total. The average Bonchev–Trinajstić information content (AvgIpc) is 3.23. The molecule has 1 aromatic carbocycles. The SMILES string of the molecule is CC(Nc1cncc(-c2ccc3[nH]nc(C(=O)Nc4ccc(N(C)C)nc4)c3c2)c1)N(C)C. The second-order valence-electron chi connectivity index (χ2n) is 8.33. The third-order valence-corrected chi connectivity index (χ3v) is 5.46. The highest BCUT2D eigenvalue weighted by molar-refractivity contribution is 6.11. The minimum Gasteiger partial charge on any atom is -0.369 e. The predicted molar refractivity (Wildman–Crippen MR) is 133 cm³/mol. The fourth-order valence-electron chi connectivity index (χ4n) is 3.33. The molecule has 9 heteroatoms. The van der Waals surface area contributed by atoms with Crippen LogP contribution < -0.4 is 15.5 Å². The van der Waals surface area contributed by atoms with E-state index in [-0.39, 0.29) is 12.1 Å². The number of anilines is 3. The van der Waals surface area contributed by atoms with E-state index in [0.717, 1.165) is 33.5 Å². The molecule has 3 aromatic heterocycles. The van der Waals surface area contributed by atoms with E-state index in [1.165, 1.54) is 0 Å². The van der Waals surface area contributed by atoms with Gasteiger partial charge in [0.15, 0.2) is 5.69 Å². The first-order valence-electron chi connectivity index (χ1n) is 10.6. The van der Waals surface area contributed by atoms with Crippen molar-refractivity contribution in [3.05, 3.63) is 60.7 Å². The third kappa shape index (κ3) is 4.93. The minimum absolute atomic E-state index is 0.162. The van der Waals surface area contributed by atoms with Gasteiger partial charge in [0.1, 0.15) is 5.82 Å². The fourth-order valence-corrected chi connectivity index (χ4v) is 3.33. The van der Waals surface area contributed by atoms with Crippen LogP contribution in [0.2, 0.25) is 0 Å². The Bertz CT molecular complexity index is 1260. The largest absolute Gasteiger partial charge is 0.369 e. The van der Waals surface area contributed by atoms with E-state index in [4.69, 9.17) is 0 Å². The molecule has 0 saturated carbocycles. The molecule has 4 rings (SSSR count). The molecule has 0 saturated heterocycles. The van der Waals surface area contributed by atoms with Crippen molar-refractivity contribution < 1.29 is 4.79 Å². The number of carbonyl (C=O) groups is 1. The highest BCUT2D eigenvalue weighted by atomic mass is 16.1. The number of amides is 1. The molecule has 0 fully saturated rings. The summed E-state index contributed by atoms with van der Waals surface area (Å²) in [6, 6.07) is 11.6. The molecule has 3 N–H and O–H groups in total. The maximum atomic E-state index is 12.9. The molecular formula is C24H28N8O. The quantitative estimate of drug-likeness (QED) is 0.374. The number of aromatic nitrogens is 4. The summed E-state index contributed by atoms with van der Waals surface area (Å²) in [4.78, 5) is 25.6. The maximum Gasteiger partial charge on any atom is 0.276 e. The van der Waals surface area contributed by atoms with Crippen LogP contribution >= 0.6 is 0 Å². The monoisotopic (exact) mass is 444 g/mol. The number of hydrogen-bond acceptors (Lipinski definition) is 7. The summed E-state index contributed by atoms with van der Waals surface area (Å²) >= 11 is 0. The first kappa shape index (κ1) is 22.2. The van der Waals surface area contributed by atoms with E-state index >= 15 is 0 Å². The first-order valence-corrected chi connectivity index (χ1v) is 10.6. The molecule has 0 aliphatic heterocycles. The summed E-state index contributed by atoms with van der Waals surface area (Å²) in [6.45, 7) is 2.08. The van der Waals surface area contributed by atoms with Crippen molar-refractivity contribution in [2.45, 2.75) is 13.1 Å². The summed E-state index contributed by atoms with van der Waals surface area (Å²) in [5.74, 6) is 0.513. The fraction of sp³-hybridized carbons (Fsp3) is 0.250. The lowest BCUT2D eigenvalue weighted by Crippen LogP contribution is -2.32. The molecule has 3 heterocycles. The number of fused-ring (bicyclic) bond motifs is 1. The number of rotatable bonds is 7. The van der Waals surface area contributed by atoms with E-state index in [2.05, 4.69) is 42.6 Å². The topological polar surface area (TPSA) is 102 Å². The average molecular weight is 445 g/mol. The number of nitrogens with one attached hydrogen (secondary N) is 3. The smallest absolute Gasteiger partial charge is 0.276 e. The van der Waals surface area contributed by atoms with Crippen molar-refractivity contribution >= 4 is 34.0 Å². The summed E-state index contributed by atoms with van der Waals surface area (Å²) in [5, 5.41) is 14.2. The zero-order valence-corrected chi connectivity index (χ0v) is 19.4. The van der Waals surface area contributed by atoms with Crippen LogP contribution in [0.25, 0.3) is 22.0 Å². The Morgan fingerprint density at radius 1 is 0.970 bits per heavy atom. The number of aromatic amines is 1. The van der Waals surface area contributed by atoms with Crippen LogP contribution in [0, 0.1) is 0 Å². The van der Waals surface area contributed by atoms with Gasteiger partial charge in [0, 0.05) is 31.2 Å². The summed E-state index contributed by atoms with van der Waals surface area (Å²) in [6.07, 6.45) is 5.40. The molecule has 0 radical (unpaired) electrons. The van der Waals surface area contributed by atoms with E-state index in [9.17, 15) is 4.79 Å². The molecule has 0 spiro atoms. The molecule has 0 aliphatic rings. The van der Waals surface area contributed by atoms with E-state index in [0.29, 0.717) is 11.4 Å². The summed E-state index contributed by atoms with van der Waals surface area (Å²) in [7, 11) is 7.86. The Hall–Kier alpha value is -3.98. The highest BCUT2D eigenvalue weighted by Crippen LogP contribution is 2.27. The van der Waals surface area contributed by atoms with Crippen molar-refractivity contribution in [1.29, 1.82) is 0 Å². The van der Waals surface area contributed by atoms with Crippen LogP contribution in [0.1, 0.15) is 17.4 Å². The van der Waals surface area contributed by atoms with Crippen LogP contribution in [0.5, 0.6) is 0 Å². The Balaban J connectivity index is 1.59. The standard InChI is InChI=1S/C24H28N8O/c1-15(31(2)3)27-19-10-17(12-25-13-19)16-6-8-21-20(11-16)23(30-29-21)24(33)28-18-7-9-22(26-14-18)32(4)5/h6-15,27H,1-5H3,(H,28,33)(H,29,30). The molecule has 33 heavy (non-hydrogen) atoms. The van der Waals surface area contributed by atoms with Crippen molar-refractivity contribution in [2.24, 2.45) is 0 Å². The van der Waals surface area contributed by atoms with Gasteiger partial charge in [-0.3, -0.25) is 19.8 Å². The minimum atomic E-state index is -0.300. The lowest BCUT2D eigenvalue weighted by molar-refractivity contribution is 0.102. The van der Waals surface area contributed by atoms with Crippen LogP contribution in [0.3, 0.4) is 0 Å². The van der Waals surface area contributed by atoms with Gasteiger partial charge in [-0.15, -0.1) is 0 Å². The number of benzene rings is 1. The van der Waals surface area contributed by atoms with Crippen LogP contribution in [-0.2, 0) is 0 Å². The van der Waals surface area contributed by atoms with Gasteiger partial charge in [0.2, 0.25) is 0 Å². The number of H-pyrrole nitrogens is 1. The third-order valence-electron chi connectivity index (χ3n) is 5.46. The van der Waals surface area contributed by atoms with Gasteiger partial charge in [-0.05, 0) is 56.9 Å². The lowest BCUT2D eigenvalue weighted by Gasteiger charge is -2.22. The van der Waals surface area contributed by atoms with Crippen molar-refractivity contribution in [3.63, 3.8) is 0 Å². The molecule has 0 bridgehead atoms. The van der Waals surface area contributed by atoms with Gasteiger partial charge in [-0.2, -0.15) is 5.10 Å². The summed E-state index contributed by atoms with van der Waals surface area (Å²) in [5.41, 5.74) is 4.54. The Kier molecular flexibility index (Phi) is 6.23. The van der Waals surface area contributed by atoms with Crippen LogP contribution in [-0.4, -0.2) is 65.3 Å². The molecular weight excluding hydrogens is 416 g/mol. The van der Waals surface area contributed by atoms with Crippen molar-refractivity contribution in [1.82, 2.24) is 25.1 Å².